The van der Waals surface area contributed by atoms with Gasteiger partial charge in [-0.3, -0.25) is 4.79 Å². The number of amides is 1. The van der Waals surface area contributed by atoms with E-state index in [1.165, 1.54) is 0 Å². The number of benzene rings is 2. The molecule has 1 N–H and O–H groups in total. The van der Waals surface area contributed by atoms with Crippen LogP contribution in [-0.2, 0) is 4.79 Å². The number of ether oxygens (including phenoxy) is 1. The summed E-state index contributed by atoms with van der Waals surface area (Å²) in [4.78, 5) is 11.8. The van der Waals surface area contributed by atoms with Gasteiger partial charge in [0.1, 0.15) is 5.75 Å². The third-order valence-electron chi connectivity index (χ3n) is 2.69. The number of carbonyl (C=O) groups excluding carboxylic acids is 1. The van der Waals surface area contributed by atoms with E-state index in [-0.39, 0.29) is 12.3 Å². The average Bonchev–Trinajstić information content (AvgIpc) is 2.48. The summed E-state index contributed by atoms with van der Waals surface area (Å²) >= 11 is 2.21. The van der Waals surface area contributed by atoms with Crippen LogP contribution in [0, 0.1) is 14.9 Å². The van der Waals surface area contributed by atoms with E-state index in [0.717, 1.165) is 9.32 Å². The maximum Gasteiger partial charge on any atom is 0.227 e. The van der Waals surface area contributed by atoms with Crippen molar-refractivity contribution in [1.29, 1.82) is 5.26 Å². The van der Waals surface area contributed by atoms with Crippen LogP contribution < -0.4 is 10.1 Å². The quantitative estimate of drug-likeness (QED) is 0.792. The lowest BCUT2D eigenvalue weighted by molar-refractivity contribution is -0.116. The SMILES string of the molecule is N#Cc1ccc(NC(=O)CCOc2cccc(I)c2)cc1. The van der Waals surface area contributed by atoms with Crippen molar-refractivity contribution in [2.45, 2.75) is 6.42 Å². The Balaban J connectivity index is 1.78. The van der Waals surface area contributed by atoms with E-state index >= 15 is 0 Å². The number of anilines is 1. The predicted octanol–water partition coefficient (Wildman–Crippen LogP) is 3.57. The molecule has 0 aliphatic carbocycles. The lowest BCUT2D eigenvalue weighted by Gasteiger charge is -2.07. The first-order valence-electron chi connectivity index (χ1n) is 6.36. The van der Waals surface area contributed by atoms with Gasteiger partial charge in [-0.1, -0.05) is 6.07 Å². The molecule has 0 unspecified atom stereocenters. The summed E-state index contributed by atoms with van der Waals surface area (Å²) in [6, 6.07) is 16.4. The molecular weight excluding hydrogens is 379 g/mol. The zero-order valence-electron chi connectivity index (χ0n) is 11.2. The molecule has 0 aromatic heterocycles. The molecule has 106 valence electrons. The maximum absolute atomic E-state index is 11.8. The predicted molar refractivity (Wildman–Crippen MR) is 89.1 cm³/mol. The Hall–Kier alpha value is -2.07. The van der Waals surface area contributed by atoms with Crippen molar-refractivity contribution in [2.24, 2.45) is 0 Å². The number of rotatable bonds is 5. The first-order valence-corrected chi connectivity index (χ1v) is 7.43. The van der Waals surface area contributed by atoms with Gasteiger partial charge in [-0.2, -0.15) is 5.26 Å². The second-order valence-electron chi connectivity index (χ2n) is 4.29. The Kier molecular flexibility index (Phi) is 5.58. The van der Waals surface area contributed by atoms with Crippen molar-refractivity contribution in [3.63, 3.8) is 0 Å². The van der Waals surface area contributed by atoms with Crippen LogP contribution in [0.1, 0.15) is 12.0 Å². The molecule has 0 fully saturated rings. The number of nitriles is 1. The van der Waals surface area contributed by atoms with E-state index in [1.54, 1.807) is 24.3 Å². The first-order chi connectivity index (χ1) is 10.2. The van der Waals surface area contributed by atoms with Gasteiger partial charge in [-0.05, 0) is 65.1 Å². The molecule has 0 saturated carbocycles. The fourth-order valence-corrected chi connectivity index (χ4v) is 2.18. The van der Waals surface area contributed by atoms with Crippen LogP contribution in [-0.4, -0.2) is 12.5 Å². The standard InChI is InChI=1S/C16H13IN2O2/c17-13-2-1-3-15(10-13)21-9-8-16(20)19-14-6-4-12(11-18)5-7-14/h1-7,10H,8-9H2,(H,19,20). The van der Waals surface area contributed by atoms with Crippen LogP contribution in [0.25, 0.3) is 0 Å². The lowest BCUT2D eigenvalue weighted by atomic mass is 10.2. The van der Waals surface area contributed by atoms with Gasteiger partial charge in [-0.15, -0.1) is 0 Å². The number of hydrogen-bond donors (Lipinski definition) is 1. The normalized spacial score (nSPS) is 9.71. The Morgan fingerprint density at radius 2 is 2.00 bits per heavy atom. The van der Waals surface area contributed by atoms with Crippen LogP contribution in [0.4, 0.5) is 5.69 Å². The fraction of sp³-hybridized carbons (Fsp3) is 0.125. The molecule has 21 heavy (non-hydrogen) atoms. The third kappa shape index (κ3) is 5.08. The number of nitrogens with zero attached hydrogens (tertiary/aromatic N) is 1. The summed E-state index contributed by atoms with van der Waals surface area (Å²) < 4.78 is 6.61. The molecule has 2 aromatic carbocycles. The van der Waals surface area contributed by atoms with E-state index in [4.69, 9.17) is 10.00 Å². The molecule has 0 saturated heterocycles. The third-order valence-corrected chi connectivity index (χ3v) is 3.36. The van der Waals surface area contributed by atoms with Gasteiger partial charge in [-0.25, -0.2) is 0 Å². The van der Waals surface area contributed by atoms with Crippen molar-refractivity contribution in [3.8, 4) is 11.8 Å². The zero-order chi connectivity index (χ0) is 15.1. The fourth-order valence-electron chi connectivity index (χ4n) is 1.67. The van der Waals surface area contributed by atoms with E-state index < -0.39 is 0 Å². The van der Waals surface area contributed by atoms with Crippen LogP contribution >= 0.6 is 22.6 Å². The van der Waals surface area contributed by atoms with Crippen LogP contribution in [0.3, 0.4) is 0 Å². The summed E-state index contributed by atoms with van der Waals surface area (Å²) in [5.74, 6) is 0.637. The zero-order valence-corrected chi connectivity index (χ0v) is 13.3. The molecule has 2 aromatic rings. The largest absolute Gasteiger partial charge is 0.493 e. The monoisotopic (exact) mass is 392 g/mol. The molecule has 0 bridgehead atoms. The second kappa shape index (κ2) is 7.64. The van der Waals surface area contributed by atoms with Crippen LogP contribution in [0.15, 0.2) is 48.5 Å². The summed E-state index contributed by atoms with van der Waals surface area (Å²) in [7, 11) is 0. The Labute approximate surface area is 136 Å². The number of halogens is 1. The van der Waals surface area contributed by atoms with Gasteiger partial charge in [0, 0.05) is 9.26 Å². The Morgan fingerprint density at radius 1 is 1.24 bits per heavy atom. The number of nitrogens with one attached hydrogen (secondary N) is 1. The van der Waals surface area contributed by atoms with E-state index in [2.05, 4.69) is 27.9 Å². The van der Waals surface area contributed by atoms with Crippen molar-refractivity contribution in [2.75, 3.05) is 11.9 Å². The summed E-state index contributed by atoms with van der Waals surface area (Å²) in [5.41, 5.74) is 1.24. The van der Waals surface area contributed by atoms with Gasteiger partial charge in [0.05, 0.1) is 24.7 Å². The molecule has 0 radical (unpaired) electrons. The van der Waals surface area contributed by atoms with Gasteiger partial charge >= 0.3 is 0 Å². The Bertz CT molecular complexity index is 663. The molecule has 0 atom stereocenters. The highest BCUT2D eigenvalue weighted by Crippen LogP contribution is 2.15. The molecule has 0 spiro atoms. The van der Waals surface area contributed by atoms with Gasteiger partial charge < -0.3 is 10.1 Å². The van der Waals surface area contributed by atoms with E-state index in [0.29, 0.717) is 17.9 Å². The molecule has 0 aliphatic heterocycles. The van der Waals surface area contributed by atoms with E-state index in [9.17, 15) is 4.79 Å². The molecule has 2 rings (SSSR count). The molecule has 1 amide bonds. The molecular formula is C16H13IN2O2. The number of hydrogen-bond acceptors (Lipinski definition) is 3. The first kappa shape index (κ1) is 15.3. The summed E-state index contributed by atoms with van der Waals surface area (Å²) in [6.07, 6.45) is 0.269. The highest BCUT2D eigenvalue weighted by molar-refractivity contribution is 14.1. The van der Waals surface area contributed by atoms with E-state index in [1.807, 2.05) is 30.3 Å². The minimum atomic E-state index is -0.120. The smallest absolute Gasteiger partial charge is 0.227 e. The maximum atomic E-state index is 11.8. The minimum Gasteiger partial charge on any atom is -0.493 e. The average molecular weight is 392 g/mol. The Morgan fingerprint density at radius 3 is 2.67 bits per heavy atom. The van der Waals surface area contributed by atoms with Crippen molar-refractivity contribution in [3.05, 3.63) is 57.7 Å². The molecule has 5 heteroatoms. The highest BCUT2D eigenvalue weighted by atomic mass is 127. The van der Waals surface area contributed by atoms with Crippen molar-refractivity contribution < 1.29 is 9.53 Å². The summed E-state index contributed by atoms with van der Waals surface area (Å²) in [6.45, 7) is 0.322. The molecule has 4 nitrogen and oxygen atoms in total. The van der Waals surface area contributed by atoms with Crippen LogP contribution in [0.2, 0.25) is 0 Å². The van der Waals surface area contributed by atoms with Gasteiger partial charge in [0.2, 0.25) is 5.91 Å². The molecule has 0 aliphatic rings. The number of carbonyl (C=O) groups is 1. The van der Waals surface area contributed by atoms with Crippen LogP contribution in [0.5, 0.6) is 5.75 Å². The lowest BCUT2D eigenvalue weighted by Crippen LogP contribution is -2.15. The van der Waals surface area contributed by atoms with Gasteiger partial charge in [0.25, 0.3) is 0 Å². The van der Waals surface area contributed by atoms with Gasteiger partial charge in [0.15, 0.2) is 0 Å². The van der Waals surface area contributed by atoms with Crippen molar-refractivity contribution in [1.82, 2.24) is 0 Å². The summed E-state index contributed by atoms with van der Waals surface area (Å²) in [5, 5.41) is 11.5. The molecule has 0 heterocycles. The van der Waals surface area contributed by atoms with Crippen molar-refractivity contribution >= 4 is 34.2 Å². The highest BCUT2D eigenvalue weighted by Gasteiger charge is 2.03. The second-order valence-corrected chi connectivity index (χ2v) is 5.54. The minimum absolute atomic E-state index is 0.120. The topological polar surface area (TPSA) is 62.1 Å².